The van der Waals surface area contributed by atoms with Crippen LogP contribution >= 0.6 is 0 Å². The Morgan fingerprint density at radius 2 is 1.87 bits per heavy atom. The quantitative estimate of drug-likeness (QED) is 0.762. The minimum Gasteiger partial charge on any atom is -0.391 e. The monoisotopic (exact) mass is 307 g/mol. The second-order valence-electron chi connectivity index (χ2n) is 6.36. The number of aryl methyl sites for hydroxylation is 1. The molecule has 120 valence electrons. The predicted molar refractivity (Wildman–Crippen MR) is 95.4 cm³/mol. The van der Waals surface area contributed by atoms with Crippen LogP contribution < -0.4 is 5.32 Å². The number of aliphatic hydroxyl groups excluding tert-OH is 1. The van der Waals surface area contributed by atoms with Crippen molar-refractivity contribution in [2.24, 2.45) is 0 Å². The first-order chi connectivity index (χ1) is 11.3. The fourth-order valence-corrected chi connectivity index (χ4v) is 3.48. The third kappa shape index (κ3) is 3.90. The second kappa shape index (κ2) is 7.58. The summed E-state index contributed by atoms with van der Waals surface area (Å²) in [5.74, 6) is 0. The number of fused-ring (bicyclic) bond motifs is 1. The van der Waals surface area contributed by atoms with Crippen molar-refractivity contribution in [1.29, 1.82) is 0 Å². The summed E-state index contributed by atoms with van der Waals surface area (Å²) in [5.41, 5.74) is 3.86. The van der Waals surface area contributed by atoms with Crippen LogP contribution in [0.15, 0.2) is 67.3 Å². The van der Waals surface area contributed by atoms with Crippen LogP contribution in [0.5, 0.6) is 0 Å². The zero-order valence-corrected chi connectivity index (χ0v) is 13.5. The van der Waals surface area contributed by atoms with E-state index in [-0.39, 0.29) is 12.1 Å². The molecule has 1 aliphatic rings. The lowest BCUT2D eigenvalue weighted by molar-refractivity contribution is 0.133. The lowest BCUT2D eigenvalue weighted by atomic mass is 10.00. The van der Waals surface area contributed by atoms with Crippen LogP contribution in [0.4, 0.5) is 0 Å². The highest BCUT2D eigenvalue weighted by atomic mass is 16.3. The Balaban J connectivity index is 1.66. The van der Waals surface area contributed by atoms with Gasteiger partial charge in [-0.15, -0.1) is 6.58 Å². The van der Waals surface area contributed by atoms with Gasteiger partial charge in [-0.1, -0.05) is 60.7 Å². The Bertz CT molecular complexity index is 637. The maximum Gasteiger partial charge on any atom is 0.0775 e. The van der Waals surface area contributed by atoms with Crippen molar-refractivity contribution in [3.8, 4) is 0 Å². The third-order valence-corrected chi connectivity index (χ3v) is 4.69. The van der Waals surface area contributed by atoms with Crippen LogP contribution in [0.2, 0.25) is 0 Å². The summed E-state index contributed by atoms with van der Waals surface area (Å²) < 4.78 is 0. The summed E-state index contributed by atoms with van der Waals surface area (Å²) in [5, 5.41) is 14.1. The molecule has 0 saturated heterocycles. The molecule has 0 radical (unpaired) electrons. The van der Waals surface area contributed by atoms with Gasteiger partial charge in [0.1, 0.15) is 0 Å². The van der Waals surface area contributed by atoms with Gasteiger partial charge in [0.15, 0.2) is 0 Å². The molecule has 3 atom stereocenters. The number of aliphatic hydroxyl groups is 1. The molecule has 0 amide bonds. The van der Waals surface area contributed by atoms with E-state index >= 15 is 0 Å². The van der Waals surface area contributed by atoms with Gasteiger partial charge in [-0.2, -0.15) is 0 Å². The Morgan fingerprint density at radius 1 is 1.13 bits per heavy atom. The van der Waals surface area contributed by atoms with Crippen LogP contribution in [0, 0.1) is 0 Å². The van der Waals surface area contributed by atoms with E-state index in [0.717, 1.165) is 25.7 Å². The number of benzene rings is 2. The van der Waals surface area contributed by atoms with E-state index in [4.69, 9.17) is 0 Å². The maximum absolute atomic E-state index is 10.4. The van der Waals surface area contributed by atoms with Gasteiger partial charge < -0.3 is 10.4 Å². The normalized spacial score (nSPS) is 20.9. The number of hydrogen-bond acceptors (Lipinski definition) is 2. The molecule has 1 aliphatic carbocycles. The summed E-state index contributed by atoms with van der Waals surface area (Å²) >= 11 is 0. The highest BCUT2D eigenvalue weighted by Gasteiger charge is 2.31. The fraction of sp³-hybridized carbons (Fsp3) is 0.333. The van der Waals surface area contributed by atoms with Crippen LogP contribution in [-0.2, 0) is 12.8 Å². The second-order valence-corrected chi connectivity index (χ2v) is 6.36. The topological polar surface area (TPSA) is 32.3 Å². The van der Waals surface area contributed by atoms with E-state index in [1.54, 1.807) is 0 Å². The van der Waals surface area contributed by atoms with Gasteiger partial charge in [0.2, 0.25) is 0 Å². The first kappa shape index (κ1) is 16.0. The van der Waals surface area contributed by atoms with E-state index < -0.39 is 0 Å². The number of nitrogens with one attached hydrogen (secondary N) is 1. The largest absolute Gasteiger partial charge is 0.391 e. The molecule has 0 aliphatic heterocycles. The predicted octanol–water partition coefficient (Wildman–Crippen LogP) is 3.81. The van der Waals surface area contributed by atoms with Crippen LogP contribution in [0.1, 0.15) is 35.6 Å². The van der Waals surface area contributed by atoms with E-state index in [9.17, 15) is 5.11 Å². The first-order valence-corrected chi connectivity index (χ1v) is 8.44. The number of rotatable bonds is 7. The lowest BCUT2D eigenvalue weighted by Gasteiger charge is -2.25. The zero-order chi connectivity index (χ0) is 16.1. The van der Waals surface area contributed by atoms with Crippen molar-refractivity contribution in [3.05, 3.63) is 83.9 Å². The molecule has 0 spiro atoms. The average Bonchev–Trinajstić information content (AvgIpc) is 2.89. The van der Waals surface area contributed by atoms with Crippen molar-refractivity contribution in [1.82, 2.24) is 5.32 Å². The maximum atomic E-state index is 10.4. The molecule has 0 fully saturated rings. The summed E-state index contributed by atoms with van der Waals surface area (Å²) in [6, 6.07) is 19.3. The molecule has 2 N–H and O–H groups in total. The molecular weight excluding hydrogens is 282 g/mol. The van der Waals surface area contributed by atoms with Crippen molar-refractivity contribution >= 4 is 0 Å². The summed E-state index contributed by atoms with van der Waals surface area (Å²) in [4.78, 5) is 0. The highest BCUT2D eigenvalue weighted by Crippen LogP contribution is 2.32. The Morgan fingerprint density at radius 3 is 2.65 bits per heavy atom. The number of hydrogen-bond donors (Lipinski definition) is 2. The Kier molecular flexibility index (Phi) is 5.27. The minimum atomic E-state index is -0.337. The fourth-order valence-electron chi connectivity index (χ4n) is 3.48. The molecular formula is C21H25NO. The van der Waals surface area contributed by atoms with Crippen LogP contribution in [-0.4, -0.2) is 17.3 Å². The minimum absolute atomic E-state index is 0.0342. The van der Waals surface area contributed by atoms with Crippen LogP contribution in [0.3, 0.4) is 0 Å². The van der Waals surface area contributed by atoms with Gasteiger partial charge in [-0.3, -0.25) is 0 Å². The van der Waals surface area contributed by atoms with Crippen molar-refractivity contribution < 1.29 is 5.11 Å². The van der Waals surface area contributed by atoms with Crippen molar-refractivity contribution in [2.45, 2.75) is 43.9 Å². The molecule has 2 aromatic carbocycles. The Labute approximate surface area is 138 Å². The lowest BCUT2D eigenvalue weighted by Crippen LogP contribution is -2.37. The molecule has 0 heterocycles. The highest BCUT2D eigenvalue weighted by molar-refractivity contribution is 5.36. The summed E-state index contributed by atoms with van der Waals surface area (Å²) in [6.07, 6.45) is 5.37. The molecule has 23 heavy (non-hydrogen) atoms. The molecule has 2 nitrogen and oxygen atoms in total. The molecule has 2 aromatic rings. The first-order valence-electron chi connectivity index (χ1n) is 8.44. The zero-order valence-electron chi connectivity index (χ0n) is 13.5. The van der Waals surface area contributed by atoms with E-state index in [1.165, 1.54) is 16.7 Å². The Hall–Kier alpha value is -1.90. The molecule has 0 bridgehead atoms. The van der Waals surface area contributed by atoms with E-state index in [2.05, 4.69) is 60.4 Å². The third-order valence-electron chi connectivity index (χ3n) is 4.69. The van der Waals surface area contributed by atoms with E-state index in [1.807, 2.05) is 12.1 Å². The molecule has 3 rings (SSSR count). The standard InChI is InChI=1S/C21H25NO/c1-2-8-18(14-13-16-9-4-3-5-10-16)22-21-19-12-7-6-11-17(19)15-20(21)23/h2-7,9-12,18,20-23H,1,8,13-15H2/t18-,20+,21-/m1/s1. The molecule has 0 aromatic heterocycles. The van der Waals surface area contributed by atoms with Gasteiger partial charge in [0.05, 0.1) is 12.1 Å². The van der Waals surface area contributed by atoms with E-state index in [0.29, 0.717) is 6.04 Å². The summed E-state index contributed by atoms with van der Waals surface area (Å²) in [6.45, 7) is 3.89. The van der Waals surface area contributed by atoms with Gasteiger partial charge in [0, 0.05) is 12.5 Å². The van der Waals surface area contributed by atoms with Gasteiger partial charge in [-0.25, -0.2) is 0 Å². The summed E-state index contributed by atoms with van der Waals surface area (Å²) in [7, 11) is 0. The van der Waals surface area contributed by atoms with Gasteiger partial charge in [0.25, 0.3) is 0 Å². The molecule has 0 saturated carbocycles. The smallest absolute Gasteiger partial charge is 0.0775 e. The SMILES string of the molecule is C=CC[C@H](CCc1ccccc1)N[C@@H]1c2ccccc2C[C@@H]1O. The molecule has 2 heteroatoms. The van der Waals surface area contributed by atoms with Crippen molar-refractivity contribution in [3.63, 3.8) is 0 Å². The molecule has 0 unspecified atom stereocenters. The van der Waals surface area contributed by atoms with Crippen molar-refractivity contribution in [2.75, 3.05) is 0 Å². The van der Waals surface area contributed by atoms with Gasteiger partial charge >= 0.3 is 0 Å². The van der Waals surface area contributed by atoms with Gasteiger partial charge in [-0.05, 0) is 36.0 Å². The average molecular weight is 307 g/mol. The van der Waals surface area contributed by atoms with Crippen LogP contribution in [0.25, 0.3) is 0 Å².